The van der Waals surface area contributed by atoms with Gasteiger partial charge in [0.25, 0.3) is 5.91 Å². The SMILES string of the molecule is CCOc1ccc(Nc2ncccc2C(=O)NC2CCC(O)CC2)cc1. The Morgan fingerprint density at radius 3 is 2.62 bits per heavy atom. The molecule has 3 rings (SSSR count). The van der Waals surface area contributed by atoms with E-state index < -0.39 is 0 Å². The monoisotopic (exact) mass is 355 g/mol. The molecule has 0 radical (unpaired) electrons. The molecule has 138 valence electrons. The first-order chi connectivity index (χ1) is 12.7. The van der Waals surface area contributed by atoms with Crippen LogP contribution < -0.4 is 15.4 Å². The lowest BCUT2D eigenvalue weighted by Crippen LogP contribution is -2.38. The van der Waals surface area contributed by atoms with E-state index in [1.54, 1.807) is 18.3 Å². The molecule has 6 nitrogen and oxygen atoms in total. The van der Waals surface area contributed by atoms with Crippen LogP contribution in [0.25, 0.3) is 0 Å². The highest BCUT2D eigenvalue weighted by molar-refractivity contribution is 5.99. The summed E-state index contributed by atoms with van der Waals surface area (Å²) in [7, 11) is 0. The number of carbonyl (C=O) groups is 1. The second-order valence-corrected chi connectivity index (χ2v) is 6.46. The van der Waals surface area contributed by atoms with E-state index in [1.807, 2.05) is 31.2 Å². The van der Waals surface area contributed by atoms with Gasteiger partial charge in [0, 0.05) is 17.9 Å². The largest absolute Gasteiger partial charge is 0.494 e. The Morgan fingerprint density at radius 1 is 1.19 bits per heavy atom. The third kappa shape index (κ3) is 4.73. The number of aliphatic hydroxyl groups is 1. The van der Waals surface area contributed by atoms with Crippen molar-refractivity contribution in [3.63, 3.8) is 0 Å². The first kappa shape index (κ1) is 18.2. The molecule has 0 spiro atoms. The Labute approximate surface area is 153 Å². The lowest BCUT2D eigenvalue weighted by Gasteiger charge is -2.26. The molecule has 1 fully saturated rings. The summed E-state index contributed by atoms with van der Waals surface area (Å²) in [5, 5.41) is 15.9. The lowest BCUT2D eigenvalue weighted by molar-refractivity contribution is 0.0868. The maximum absolute atomic E-state index is 12.7. The van der Waals surface area contributed by atoms with E-state index in [0.717, 1.165) is 37.1 Å². The fraction of sp³-hybridized carbons (Fsp3) is 0.400. The molecule has 3 N–H and O–H groups in total. The molecule has 0 unspecified atom stereocenters. The highest BCUT2D eigenvalue weighted by atomic mass is 16.5. The van der Waals surface area contributed by atoms with Gasteiger partial charge in [0.2, 0.25) is 0 Å². The molecule has 1 saturated carbocycles. The van der Waals surface area contributed by atoms with Crippen molar-refractivity contribution in [1.82, 2.24) is 10.3 Å². The molecule has 1 aliphatic rings. The number of pyridine rings is 1. The zero-order valence-electron chi connectivity index (χ0n) is 14.9. The van der Waals surface area contributed by atoms with Crippen molar-refractivity contribution < 1.29 is 14.6 Å². The number of hydrogen-bond donors (Lipinski definition) is 3. The topological polar surface area (TPSA) is 83.5 Å². The Hall–Kier alpha value is -2.60. The average Bonchev–Trinajstić information content (AvgIpc) is 2.66. The van der Waals surface area contributed by atoms with Gasteiger partial charge in [-0.25, -0.2) is 4.98 Å². The number of aromatic nitrogens is 1. The van der Waals surface area contributed by atoms with Crippen molar-refractivity contribution >= 4 is 17.4 Å². The van der Waals surface area contributed by atoms with Crippen molar-refractivity contribution in [2.24, 2.45) is 0 Å². The van der Waals surface area contributed by atoms with Crippen LogP contribution in [-0.4, -0.2) is 34.8 Å². The second-order valence-electron chi connectivity index (χ2n) is 6.46. The maximum Gasteiger partial charge on any atom is 0.255 e. The zero-order valence-corrected chi connectivity index (χ0v) is 14.9. The van der Waals surface area contributed by atoms with Gasteiger partial charge in [-0.1, -0.05) is 0 Å². The van der Waals surface area contributed by atoms with Crippen LogP contribution in [0.3, 0.4) is 0 Å². The highest BCUT2D eigenvalue weighted by Gasteiger charge is 2.22. The summed E-state index contributed by atoms with van der Waals surface area (Å²) in [6.07, 6.45) is 4.48. The van der Waals surface area contributed by atoms with Crippen LogP contribution in [0.1, 0.15) is 43.0 Å². The number of amides is 1. The van der Waals surface area contributed by atoms with Gasteiger partial charge in [0.1, 0.15) is 11.6 Å². The van der Waals surface area contributed by atoms with Crippen LogP contribution in [0.15, 0.2) is 42.6 Å². The van der Waals surface area contributed by atoms with Crippen LogP contribution >= 0.6 is 0 Å². The van der Waals surface area contributed by atoms with Crippen molar-refractivity contribution in [2.45, 2.75) is 44.8 Å². The highest BCUT2D eigenvalue weighted by Crippen LogP contribution is 2.23. The molecule has 2 aromatic rings. The van der Waals surface area contributed by atoms with Gasteiger partial charge in [-0.3, -0.25) is 4.79 Å². The van der Waals surface area contributed by atoms with E-state index in [4.69, 9.17) is 4.74 Å². The quantitative estimate of drug-likeness (QED) is 0.741. The number of rotatable bonds is 6. The summed E-state index contributed by atoms with van der Waals surface area (Å²) >= 11 is 0. The molecule has 1 aromatic heterocycles. The van der Waals surface area contributed by atoms with E-state index >= 15 is 0 Å². The number of nitrogens with zero attached hydrogens (tertiary/aromatic N) is 1. The van der Waals surface area contributed by atoms with E-state index in [2.05, 4.69) is 15.6 Å². The summed E-state index contributed by atoms with van der Waals surface area (Å²) in [5.74, 6) is 1.18. The number of aliphatic hydroxyl groups excluding tert-OH is 1. The van der Waals surface area contributed by atoms with Gasteiger partial charge >= 0.3 is 0 Å². The summed E-state index contributed by atoms with van der Waals surface area (Å²) in [6.45, 7) is 2.56. The van der Waals surface area contributed by atoms with Gasteiger partial charge in [-0.15, -0.1) is 0 Å². The predicted octanol–water partition coefficient (Wildman–Crippen LogP) is 3.26. The number of anilines is 2. The number of carbonyl (C=O) groups excluding carboxylic acids is 1. The molecule has 1 aliphatic carbocycles. The fourth-order valence-electron chi connectivity index (χ4n) is 3.11. The van der Waals surface area contributed by atoms with E-state index in [9.17, 15) is 9.90 Å². The van der Waals surface area contributed by atoms with Crippen LogP contribution in [0.4, 0.5) is 11.5 Å². The van der Waals surface area contributed by atoms with Crippen LogP contribution in [0.2, 0.25) is 0 Å². The van der Waals surface area contributed by atoms with E-state index in [1.165, 1.54) is 0 Å². The number of ether oxygens (including phenoxy) is 1. The van der Waals surface area contributed by atoms with Gasteiger partial charge < -0.3 is 20.5 Å². The fourth-order valence-corrected chi connectivity index (χ4v) is 3.11. The molecule has 0 aliphatic heterocycles. The Balaban J connectivity index is 1.68. The third-order valence-corrected chi connectivity index (χ3v) is 4.51. The summed E-state index contributed by atoms with van der Waals surface area (Å²) in [5.41, 5.74) is 1.34. The Bertz CT molecular complexity index is 725. The van der Waals surface area contributed by atoms with Gasteiger partial charge in [-0.2, -0.15) is 0 Å². The predicted molar refractivity (Wildman–Crippen MR) is 101 cm³/mol. The second kappa shape index (κ2) is 8.67. The molecule has 1 amide bonds. The third-order valence-electron chi connectivity index (χ3n) is 4.51. The van der Waals surface area contributed by atoms with Gasteiger partial charge in [-0.05, 0) is 69.0 Å². The summed E-state index contributed by atoms with van der Waals surface area (Å²) in [6, 6.07) is 11.2. The number of nitrogens with one attached hydrogen (secondary N) is 2. The first-order valence-corrected chi connectivity index (χ1v) is 9.09. The van der Waals surface area contributed by atoms with Crippen LogP contribution in [0.5, 0.6) is 5.75 Å². The van der Waals surface area contributed by atoms with Crippen LogP contribution in [-0.2, 0) is 0 Å². The molecular weight excluding hydrogens is 330 g/mol. The van der Waals surface area contributed by atoms with Crippen molar-refractivity contribution in [3.8, 4) is 5.75 Å². The van der Waals surface area contributed by atoms with Crippen molar-refractivity contribution in [2.75, 3.05) is 11.9 Å². The van der Waals surface area contributed by atoms with Crippen molar-refractivity contribution in [1.29, 1.82) is 0 Å². The molecule has 0 atom stereocenters. The van der Waals surface area contributed by atoms with Crippen molar-refractivity contribution in [3.05, 3.63) is 48.2 Å². The average molecular weight is 355 g/mol. The Morgan fingerprint density at radius 2 is 1.92 bits per heavy atom. The number of hydrogen-bond acceptors (Lipinski definition) is 5. The minimum Gasteiger partial charge on any atom is -0.494 e. The minimum atomic E-state index is -0.238. The van der Waals surface area contributed by atoms with Gasteiger partial charge in [0.15, 0.2) is 0 Å². The van der Waals surface area contributed by atoms with Gasteiger partial charge in [0.05, 0.1) is 18.3 Å². The normalized spacial score (nSPS) is 19.6. The number of benzene rings is 1. The molecule has 1 heterocycles. The molecule has 0 saturated heterocycles. The standard InChI is InChI=1S/C20H25N3O3/c1-2-26-17-11-7-14(8-12-17)22-19-18(4-3-13-21-19)20(25)23-15-5-9-16(24)10-6-15/h3-4,7-8,11-13,15-16,24H,2,5-6,9-10H2,1H3,(H,21,22)(H,23,25). The molecule has 6 heteroatoms. The Kier molecular flexibility index (Phi) is 6.07. The molecule has 0 bridgehead atoms. The maximum atomic E-state index is 12.7. The first-order valence-electron chi connectivity index (χ1n) is 9.09. The summed E-state index contributed by atoms with van der Waals surface area (Å²) in [4.78, 5) is 17.0. The van der Waals surface area contributed by atoms with Crippen LogP contribution in [0, 0.1) is 0 Å². The molecular formula is C20H25N3O3. The van der Waals surface area contributed by atoms with E-state index in [-0.39, 0.29) is 18.1 Å². The van der Waals surface area contributed by atoms with E-state index in [0.29, 0.717) is 18.0 Å². The lowest BCUT2D eigenvalue weighted by atomic mass is 9.93. The molecule has 1 aromatic carbocycles. The minimum absolute atomic E-state index is 0.101. The molecule has 26 heavy (non-hydrogen) atoms. The zero-order chi connectivity index (χ0) is 18.4. The smallest absolute Gasteiger partial charge is 0.255 e. The summed E-state index contributed by atoms with van der Waals surface area (Å²) < 4.78 is 5.44.